The second kappa shape index (κ2) is 6.45. The van der Waals surface area contributed by atoms with Gasteiger partial charge in [-0.1, -0.05) is 17.7 Å². The molecule has 6 heteroatoms. The van der Waals surface area contributed by atoms with Crippen LogP contribution in [0.4, 0.5) is 5.69 Å². The number of anilines is 1. The van der Waals surface area contributed by atoms with Gasteiger partial charge in [-0.3, -0.25) is 4.68 Å². The van der Waals surface area contributed by atoms with Crippen LogP contribution in [0, 0.1) is 20.8 Å². The minimum absolute atomic E-state index is 0.572. The number of thiocarbonyl (C=S) groups is 1. The van der Waals surface area contributed by atoms with Gasteiger partial charge in [0.05, 0.1) is 5.69 Å². The van der Waals surface area contributed by atoms with Gasteiger partial charge < -0.3 is 10.6 Å². The van der Waals surface area contributed by atoms with Crippen molar-refractivity contribution in [3.05, 3.63) is 45.7 Å². The fourth-order valence-corrected chi connectivity index (χ4v) is 2.51. The summed E-state index contributed by atoms with van der Waals surface area (Å²) in [6.07, 6.45) is 0. The van der Waals surface area contributed by atoms with Crippen molar-refractivity contribution in [3.63, 3.8) is 0 Å². The molecule has 0 amide bonds. The summed E-state index contributed by atoms with van der Waals surface area (Å²) in [6.45, 7) is 6.66. The molecule has 0 fully saturated rings. The molecule has 0 radical (unpaired) electrons. The molecular weight excluding hydrogens is 304 g/mol. The number of benzene rings is 1. The first kappa shape index (κ1) is 15.8. The largest absolute Gasteiger partial charge is 0.358 e. The van der Waals surface area contributed by atoms with E-state index in [1.54, 1.807) is 0 Å². The van der Waals surface area contributed by atoms with Crippen LogP contribution in [0.15, 0.2) is 18.2 Å². The molecule has 0 bridgehead atoms. The van der Waals surface area contributed by atoms with Crippen molar-refractivity contribution in [3.8, 4) is 0 Å². The first-order valence-electron chi connectivity index (χ1n) is 6.69. The van der Waals surface area contributed by atoms with Crippen molar-refractivity contribution in [1.29, 1.82) is 0 Å². The zero-order chi connectivity index (χ0) is 15.6. The third kappa shape index (κ3) is 3.54. The highest BCUT2D eigenvalue weighted by Gasteiger charge is 2.10. The molecule has 0 saturated carbocycles. The molecule has 0 spiro atoms. The van der Waals surface area contributed by atoms with Gasteiger partial charge in [-0.25, -0.2) is 0 Å². The van der Waals surface area contributed by atoms with E-state index in [1.807, 2.05) is 43.8 Å². The number of hydrogen-bond acceptors (Lipinski definition) is 2. The van der Waals surface area contributed by atoms with Crippen molar-refractivity contribution in [2.24, 2.45) is 7.05 Å². The highest BCUT2D eigenvalue weighted by atomic mass is 35.5. The summed E-state index contributed by atoms with van der Waals surface area (Å²) in [5, 5.41) is 12.1. The zero-order valence-corrected chi connectivity index (χ0v) is 14.2. The summed E-state index contributed by atoms with van der Waals surface area (Å²) in [5.41, 5.74) is 5.23. The van der Waals surface area contributed by atoms with Gasteiger partial charge in [0.15, 0.2) is 5.11 Å². The number of nitrogens with zero attached hydrogens (tertiary/aromatic N) is 2. The molecule has 1 aromatic carbocycles. The Morgan fingerprint density at radius 2 is 2.05 bits per heavy atom. The first-order valence-corrected chi connectivity index (χ1v) is 7.47. The summed E-state index contributed by atoms with van der Waals surface area (Å²) in [4.78, 5) is 0. The molecule has 2 rings (SSSR count). The van der Waals surface area contributed by atoms with Gasteiger partial charge in [0.25, 0.3) is 0 Å². The number of halogens is 1. The number of rotatable bonds is 3. The quantitative estimate of drug-likeness (QED) is 0.849. The van der Waals surface area contributed by atoms with Crippen LogP contribution in [0.25, 0.3) is 0 Å². The molecule has 0 aliphatic rings. The van der Waals surface area contributed by atoms with Crippen LogP contribution in [0.5, 0.6) is 0 Å². The fourth-order valence-electron chi connectivity index (χ4n) is 2.15. The fraction of sp³-hybridized carbons (Fsp3) is 0.333. The molecule has 0 aliphatic carbocycles. The predicted octanol–water partition coefficient (Wildman–Crippen LogP) is 3.49. The highest BCUT2D eigenvalue weighted by molar-refractivity contribution is 7.80. The van der Waals surface area contributed by atoms with Crippen LogP contribution >= 0.6 is 23.8 Å². The van der Waals surface area contributed by atoms with Crippen molar-refractivity contribution < 1.29 is 0 Å². The van der Waals surface area contributed by atoms with Crippen molar-refractivity contribution in [2.45, 2.75) is 27.3 Å². The monoisotopic (exact) mass is 322 g/mol. The summed E-state index contributed by atoms with van der Waals surface area (Å²) in [6, 6.07) is 5.71. The number of nitrogens with one attached hydrogen (secondary N) is 2. The van der Waals surface area contributed by atoms with Gasteiger partial charge in [0.2, 0.25) is 0 Å². The van der Waals surface area contributed by atoms with Crippen LogP contribution in [0.3, 0.4) is 0 Å². The number of hydrogen-bond donors (Lipinski definition) is 2. The van der Waals surface area contributed by atoms with Gasteiger partial charge in [0, 0.05) is 35.6 Å². The summed E-state index contributed by atoms with van der Waals surface area (Å²) in [5.74, 6) is 0. The maximum Gasteiger partial charge on any atom is 0.171 e. The van der Waals surface area contributed by atoms with Gasteiger partial charge in [-0.05, 0) is 50.7 Å². The standard InChI is InChI=1S/C15H19ClN4S/c1-9-13(16)6-5-7-14(9)18-15(21)17-8-12-10(2)19-20(4)11(12)3/h5-7H,8H2,1-4H3,(H2,17,18,21). The Hall–Kier alpha value is -1.59. The van der Waals surface area contributed by atoms with Crippen molar-refractivity contribution in [1.82, 2.24) is 15.1 Å². The Kier molecular flexibility index (Phi) is 4.85. The Morgan fingerprint density at radius 3 is 2.67 bits per heavy atom. The molecular formula is C15H19ClN4S. The minimum atomic E-state index is 0.572. The second-order valence-electron chi connectivity index (χ2n) is 4.99. The Bertz CT molecular complexity index is 679. The van der Waals surface area contributed by atoms with Crippen LogP contribution in [-0.2, 0) is 13.6 Å². The molecule has 0 atom stereocenters. The van der Waals surface area contributed by atoms with Crippen molar-refractivity contribution in [2.75, 3.05) is 5.32 Å². The van der Waals surface area contributed by atoms with E-state index in [0.717, 1.165) is 27.7 Å². The first-order chi connectivity index (χ1) is 9.90. The molecule has 4 nitrogen and oxygen atoms in total. The van der Waals surface area contributed by atoms with E-state index in [-0.39, 0.29) is 0 Å². The third-order valence-corrected chi connectivity index (χ3v) is 4.26. The van der Waals surface area contributed by atoms with E-state index in [2.05, 4.69) is 22.7 Å². The third-order valence-electron chi connectivity index (χ3n) is 3.60. The van der Waals surface area contributed by atoms with Gasteiger partial charge in [-0.2, -0.15) is 5.10 Å². The molecule has 0 saturated heterocycles. The van der Waals surface area contributed by atoms with Crippen LogP contribution < -0.4 is 10.6 Å². The minimum Gasteiger partial charge on any atom is -0.358 e. The summed E-state index contributed by atoms with van der Waals surface area (Å²) in [7, 11) is 1.94. The van der Waals surface area contributed by atoms with Gasteiger partial charge in [0.1, 0.15) is 0 Å². The lowest BCUT2D eigenvalue weighted by molar-refractivity contribution is 0.729. The summed E-state index contributed by atoms with van der Waals surface area (Å²) < 4.78 is 1.88. The average Bonchev–Trinajstić information content (AvgIpc) is 2.67. The number of aromatic nitrogens is 2. The molecule has 1 heterocycles. The molecule has 112 valence electrons. The SMILES string of the molecule is Cc1nn(C)c(C)c1CNC(=S)Nc1cccc(Cl)c1C. The van der Waals surface area contributed by atoms with Gasteiger partial charge >= 0.3 is 0 Å². The predicted molar refractivity (Wildman–Crippen MR) is 91.9 cm³/mol. The molecule has 0 unspecified atom stereocenters. The Labute approximate surface area is 135 Å². The van der Waals surface area contributed by atoms with E-state index in [4.69, 9.17) is 23.8 Å². The Morgan fingerprint density at radius 1 is 1.33 bits per heavy atom. The number of aryl methyl sites for hydroxylation is 2. The average molecular weight is 323 g/mol. The second-order valence-corrected chi connectivity index (χ2v) is 5.81. The van der Waals surface area contributed by atoms with Gasteiger partial charge in [-0.15, -0.1) is 0 Å². The van der Waals surface area contributed by atoms with E-state index >= 15 is 0 Å². The molecule has 0 aliphatic heterocycles. The Balaban J connectivity index is 2.01. The van der Waals surface area contributed by atoms with E-state index < -0.39 is 0 Å². The van der Waals surface area contributed by atoms with Crippen LogP contribution in [-0.4, -0.2) is 14.9 Å². The van der Waals surface area contributed by atoms with E-state index in [9.17, 15) is 0 Å². The molecule has 2 N–H and O–H groups in total. The van der Waals surface area contributed by atoms with E-state index in [1.165, 1.54) is 5.56 Å². The molecule has 1 aromatic heterocycles. The lowest BCUT2D eigenvalue weighted by Gasteiger charge is -2.13. The topological polar surface area (TPSA) is 41.9 Å². The smallest absolute Gasteiger partial charge is 0.171 e. The van der Waals surface area contributed by atoms with Crippen LogP contribution in [0.2, 0.25) is 5.02 Å². The highest BCUT2D eigenvalue weighted by Crippen LogP contribution is 2.22. The van der Waals surface area contributed by atoms with E-state index in [0.29, 0.717) is 11.7 Å². The summed E-state index contributed by atoms with van der Waals surface area (Å²) >= 11 is 11.4. The molecule has 2 aromatic rings. The zero-order valence-electron chi connectivity index (χ0n) is 12.6. The van der Waals surface area contributed by atoms with Crippen LogP contribution in [0.1, 0.15) is 22.5 Å². The maximum absolute atomic E-state index is 6.10. The lowest BCUT2D eigenvalue weighted by atomic mass is 10.2. The van der Waals surface area contributed by atoms with Crippen molar-refractivity contribution >= 4 is 34.6 Å². The molecule has 21 heavy (non-hydrogen) atoms. The lowest BCUT2D eigenvalue weighted by Crippen LogP contribution is -2.28. The maximum atomic E-state index is 6.10. The normalized spacial score (nSPS) is 10.5.